The predicted octanol–water partition coefficient (Wildman–Crippen LogP) is 3.40. The zero-order chi connectivity index (χ0) is 28.4. The van der Waals surface area contributed by atoms with Gasteiger partial charge in [0.2, 0.25) is 0 Å². The summed E-state index contributed by atoms with van der Waals surface area (Å²) in [5, 5.41) is 39.4. The summed E-state index contributed by atoms with van der Waals surface area (Å²) in [5.41, 5.74) is -0.275. The Morgan fingerprint density at radius 3 is 2.49 bits per heavy atom. The van der Waals surface area contributed by atoms with Crippen molar-refractivity contribution in [2.24, 2.45) is 0 Å². The fraction of sp³-hybridized carbons (Fsp3) is 0.304. The maximum Gasteiger partial charge on any atom is 0.329 e. The largest absolute Gasteiger partial charge is 0.480 e. The van der Waals surface area contributed by atoms with E-state index in [4.69, 9.17) is 32.7 Å². The van der Waals surface area contributed by atoms with Gasteiger partial charge in [-0.05, 0) is 41.1 Å². The first-order chi connectivity index (χ1) is 18.5. The van der Waals surface area contributed by atoms with E-state index in [1.807, 2.05) is 0 Å². The second-order valence-electron chi connectivity index (χ2n) is 8.34. The van der Waals surface area contributed by atoms with Crippen LogP contribution in [0.2, 0.25) is 10.0 Å². The van der Waals surface area contributed by atoms with Crippen LogP contribution in [-0.4, -0.2) is 83.8 Å². The molecule has 2 heterocycles. The molecule has 1 aliphatic rings. The highest BCUT2D eigenvalue weighted by Crippen LogP contribution is 2.36. The quantitative estimate of drug-likeness (QED) is 0.223. The van der Waals surface area contributed by atoms with E-state index in [1.165, 1.54) is 29.8 Å². The molecule has 1 aliphatic heterocycles. The van der Waals surface area contributed by atoms with Gasteiger partial charge in [-0.1, -0.05) is 28.4 Å². The van der Waals surface area contributed by atoms with Crippen LogP contribution in [0.1, 0.15) is 6.04 Å². The molecular formula is C23H20Cl2F3N3O7S. The van der Waals surface area contributed by atoms with Crippen LogP contribution in [0.5, 0.6) is 0 Å². The van der Waals surface area contributed by atoms with E-state index in [0.717, 1.165) is 4.68 Å². The number of hydrogen-bond donors (Lipinski definition) is 4. The normalized spacial score (nSPS) is 24.2. The lowest BCUT2D eigenvalue weighted by atomic mass is 9.93. The molecule has 4 rings (SSSR count). The Morgan fingerprint density at radius 1 is 1.18 bits per heavy atom. The van der Waals surface area contributed by atoms with Crippen molar-refractivity contribution in [2.75, 3.05) is 13.2 Å². The van der Waals surface area contributed by atoms with Crippen LogP contribution in [-0.2, 0) is 14.3 Å². The van der Waals surface area contributed by atoms with Crippen LogP contribution < -0.4 is 0 Å². The van der Waals surface area contributed by atoms with Gasteiger partial charge in [0.05, 0.1) is 22.8 Å². The minimum Gasteiger partial charge on any atom is -0.480 e. The van der Waals surface area contributed by atoms with Gasteiger partial charge in [0.15, 0.2) is 17.5 Å². The summed E-state index contributed by atoms with van der Waals surface area (Å²) in [7, 11) is -1.66. The summed E-state index contributed by atoms with van der Waals surface area (Å²) < 4.78 is 64.1. The number of rotatable bonds is 8. The van der Waals surface area contributed by atoms with Crippen LogP contribution in [0.4, 0.5) is 13.2 Å². The molecule has 1 fully saturated rings. The van der Waals surface area contributed by atoms with Crippen molar-refractivity contribution in [1.29, 1.82) is 0 Å². The SMILES string of the molecule is O=C(O)CO[C@H]1C(/C=S(/O)c2ccc(Cl)c(Cl)c2)O[C@H](CO)[C@H](O)[C@@H]1n1cc(-c2cc(F)c(F)c(F)c2)nn1. The molecular weight excluding hydrogens is 590 g/mol. The number of aliphatic hydroxyl groups is 2. The van der Waals surface area contributed by atoms with E-state index in [-0.39, 0.29) is 21.3 Å². The van der Waals surface area contributed by atoms with Crippen molar-refractivity contribution in [1.82, 2.24) is 15.0 Å². The van der Waals surface area contributed by atoms with Crippen molar-refractivity contribution in [3.05, 3.63) is 64.0 Å². The lowest BCUT2D eigenvalue weighted by Crippen LogP contribution is -2.57. The molecule has 0 aliphatic carbocycles. The van der Waals surface area contributed by atoms with Crippen LogP contribution in [0.25, 0.3) is 11.3 Å². The van der Waals surface area contributed by atoms with Crippen molar-refractivity contribution in [3.63, 3.8) is 0 Å². The first-order valence-electron chi connectivity index (χ1n) is 11.1. The van der Waals surface area contributed by atoms with E-state index in [1.54, 1.807) is 0 Å². The molecule has 3 aromatic rings. The number of nitrogens with zero attached hydrogens (tertiary/aromatic N) is 3. The van der Waals surface area contributed by atoms with Crippen molar-refractivity contribution >= 4 is 45.3 Å². The number of aromatic nitrogens is 3. The average molecular weight is 610 g/mol. The molecule has 1 aromatic heterocycles. The fourth-order valence-corrected chi connectivity index (χ4v) is 5.41. The molecule has 210 valence electrons. The maximum absolute atomic E-state index is 13.8. The Hall–Kier alpha value is -2.56. The number of ether oxygens (including phenoxy) is 2. The van der Waals surface area contributed by atoms with E-state index in [9.17, 15) is 37.8 Å². The molecule has 0 bridgehead atoms. The molecule has 0 spiro atoms. The maximum atomic E-state index is 13.8. The molecule has 4 N–H and O–H groups in total. The van der Waals surface area contributed by atoms with Crippen LogP contribution in [0.15, 0.2) is 41.4 Å². The van der Waals surface area contributed by atoms with Gasteiger partial charge in [-0.2, -0.15) is 0 Å². The molecule has 10 nitrogen and oxygen atoms in total. The molecule has 6 atom stereocenters. The summed E-state index contributed by atoms with van der Waals surface area (Å²) in [6, 6.07) is 4.52. The Morgan fingerprint density at radius 2 is 1.87 bits per heavy atom. The highest BCUT2D eigenvalue weighted by molar-refractivity contribution is 8.10. The number of aliphatic carboxylic acids is 1. The first-order valence-corrected chi connectivity index (χ1v) is 13.1. The van der Waals surface area contributed by atoms with Crippen LogP contribution in [0.3, 0.4) is 0 Å². The van der Waals surface area contributed by atoms with Crippen molar-refractivity contribution < 1.29 is 47.3 Å². The first kappa shape index (κ1) is 29.4. The summed E-state index contributed by atoms with van der Waals surface area (Å²) in [6.45, 7) is -1.52. The van der Waals surface area contributed by atoms with Gasteiger partial charge in [0, 0.05) is 15.8 Å². The molecule has 39 heavy (non-hydrogen) atoms. The van der Waals surface area contributed by atoms with E-state index in [2.05, 4.69) is 10.3 Å². The second-order valence-corrected chi connectivity index (χ2v) is 10.5. The van der Waals surface area contributed by atoms with E-state index in [0.29, 0.717) is 17.0 Å². The van der Waals surface area contributed by atoms with Gasteiger partial charge in [-0.3, -0.25) is 0 Å². The molecule has 0 amide bonds. The van der Waals surface area contributed by atoms with Crippen molar-refractivity contribution in [2.45, 2.75) is 35.4 Å². The highest BCUT2D eigenvalue weighted by Gasteiger charge is 2.47. The van der Waals surface area contributed by atoms with Gasteiger partial charge in [0.1, 0.15) is 42.8 Å². The summed E-state index contributed by atoms with van der Waals surface area (Å²) in [6.07, 6.45) is -4.16. The Labute approximate surface area is 231 Å². The van der Waals surface area contributed by atoms with Gasteiger partial charge in [-0.15, -0.1) is 5.10 Å². The van der Waals surface area contributed by atoms with Gasteiger partial charge in [-0.25, -0.2) is 22.6 Å². The van der Waals surface area contributed by atoms with Gasteiger partial charge >= 0.3 is 5.97 Å². The molecule has 16 heteroatoms. The monoisotopic (exact) mass is 609 g/mol. The molecule has 0 radical (unpaired) electrons. The topological polar surface area (TPSA) is 147 Å². The van der Waals surface area contributed by atoms with Crippen LogP contribution >= 0.6 is 34.0 Å². The number of hydrogen-bond acceptors (Lipinski definition) is 8. The standard InChI is InChI=1S/C23H20Cl2F3N3O7S/c24-12-2-1-11(5-13(12)25)39(36)9-18-23(37-8-19(33)34)21(22(35)17(7-32)38-18)31-6-16(29-30-31)10-3-14(26)20(28)15(27)4-10/h1-6,9,17-18,21-23,32,35-36H,7-8H2,(H,33,34)/t17-,18?,21+,22+,23+,39?/m1/s1. The molecule has 2 unspecified atom stereocenters. The lowest BCUT2D eigenvalue weighted by Gasteiger charge is -2.43. The lowest BCUT2D eigenvalue weighted by molar-refractivity contribution is -0.201. The number of halogens is 5. The number of carboxylic acids is 1. The van der Waals surface area contributed by atoms with Crippen LogP contribution in [0, 0.1) is 17.5 Å². The number of carbonyl (C=O) groups is 1. The zero-order valence-electron chi connectivity index (χ0n) is 19.5. The Balaban J connectivity index is 1.75. The Bertz CT molecular complexity index is 1390. The number of carboxylic acid groups (broad SMARTS) is 1. The number of benzene rings is 2. The highest BCUT2D eigenvalue weighted by atomic mass is 35.5. The Kier molecular flexibility index (Phi) is 9.29. The molecule has 1 saturated heterocycles. The van der Waals surface area contributed by atoms with Crippen molar-refractivity contribution in [3.8, 4) is 11.3 Å². The number of aliphatic hydroxyl groups excluding tert-OH is 2. The molecule has 0 saturated carbocycles. The minimum absolute atomic E-state index is 0.109. The van der Waals surface area contributed by atoms with Gasteiger partial charge < -0.3 is 29.3 Å². The fourth-order valence-electron chi connectivity index (χ4n) is 3.97. The second kappa shape index (κ2) is 12.3. The third-order valence-corrected chi connectivity index (χ3v) is 7.80. The summed E-state index contributed by atoms with van der Waals surface area (Å²) in [5.74, 6) is -5.94. The van der Waals surface area contributed by atoms with E-state index < -0.39 is 77.9 Å². The third-order valence-electron chi connectivity index (χ3n) is 5.79. The van der Waals surface area contributed by atoms with Gasteiger partial charge in [0.25, 0.3) is 0 Å². The summed E-state index contributed by atoms with van der Waals surface area (Å²) in [4.78, 5) is 11.6. The smallest absolute Gasteiger partial charge is 0.329 e. The summed E-state index contributed by atoms with van der Waals surface area (Å²) >= 11 is 12.0. The third kappa shape index (κ3) is 6.44. The van der Waals surface area contributed by atoms with E-state index >= 15 is 0 Å². The molecule has 2 aromatic carbocycles. The minimum atomic E-state index is -1.67. The zero-order valence-corrected chi connectivity index (χ0v) is 21.8. The predicted molar refractivity (Wildman–Crippen MR) is 135 cm³/mol. The average Bonchev–Trinajstić information content (AvgIpc) is 3.38.